The zero-order chi connectivity index (χ0) is 19.4. The normalized spacial score (nSPS) is 11.0. The molecule has 0 radical (unpaired) electrons. The average molecular weight is 390 g/mol. The van der Waals surface area contributed by atoms with Crippen LogP contribution < -0.4 is 10.6 Å². The number of carbonyl (C=O) groups is 2. The number of carbonyl (C=O) groups excluding carboxylic acids is 2. The van der Waals surface area contributed by atoms with E-state index < -0.39 is 17.5 Å². The Morgan fingerprint density at radius 1 is 1.04 bits per heavy atom. The van der Waals surface area contributed by atoms with Crippen LogP contribution in [-0.2, 0) is 9.59 Å². The number of fused-ring (bicyclic) bond motifs is 1. The molecule has 0 aliphatic rings. The third-order valence-electron chi connectivity index (χ3n) is 3.51. The van der Waals surface area contributed by atoms with E-state index in [9.17, 15) is 18.4 Å². The van der Waals surface area contributed by atoms with Gasteiger partial charge in [-0.25, -0.2) is 13.8 Å². The van der Waals surface area contributed by atoms with Crippen LogP contribution in [0, 0.1) is 11.6 Å². The summed E-state index contributed by atoms with van der Waals surface area (Å²) in [6.07, 6.45) is 0. The van der Waals surface area contributed by atoms with Gasteiger partial charge in [0.15, 0.2) is 5.13 Å². The van der Waals surface area contributed by atoms with Crippen molar-refractivity contribution in [2.24, 2.45) is 0 Å². The molecule has 0 spiro atoms. The maximum Gasteiger partial charge on any atom is 0.240 e. The Hall–Kier alpha value is -2.91. The number of para-hydroxylation sites is 1. The number of nitrogens with one attached hydrogen (secondary N) is 2. The lowest BCUT2D eigenvalue weighted by Crippen LogP contribution is -2.36. The highest BCUT2D eigenvalue weighted by Crippen LogP contribution is 2.25. The molecule has 0 aliphatic heterocycles. The molecule has 1 aromatic heterocycles. The van der Waals surface area contributed by atoms with E-state index in [1.165, 1.54) is 16.2 Å². The van der Waals surface area contributed by atoms with Crippen molar-refractivity contribution in [3.8, 4) is 0 Å². The van der Waals surface area contributed by atoms with Crippen LogP contribution in [0.2, 0.25) is 0 Å². The highest BCUT2D eigenvalue weighted by Gasteiger charge is 2.13. The lowest BCUT2D eigenvalue weighted by Gasteiger charge is -2.15. The molecule has 0 unspecified atom stereocenters. The SMILES string of the molecule is CN(CC(=O)Nc1cc(F)cc(F)c1)CC(=O)Nc1nc2ccccc2s1. The van der Waals surface area contributed by atoms with Gasteiger partial charge in [-0.1, -0.05) is 23.5 Å². The molecule has 9 heteroatoms. The maximum atomic E-state index is 13.1. The van der Waals surface area contributed by atoms with E-state index in [-0.39, 0.29) is 24.7 Å². The van der Waals surface area contributed by atoms with E-state index in [0.29, 0.717) is 11.2 Å². The van der Waals surface area contributed by atoms with Crippen LogP contribution in [0.15, 0.2) is 42.5 Å². The summed E-state index contributed by atoms with van der Waals surface area (Å²) in [5, 5.41) is 5.57. The Kier molecular flexibility index (Phi) is 5.72. The van der Waals surface area contributed by atoms with Crippen molar-refractivity contribution in [1.29, 1.82) is 0 Å². The number of hydrogen-bond donors (Lipinski definition) is 2. The van der Waals surface area contributed by atoms with Gasteiger partial charge in [-0.3, -0.25) is 14.5 Å². The second-order valence-electron chi connectivity index (χ2n) is 5.91. The molecule has 3 rings (SSSR count). The number of likely N-dealkylation sites (N-methyl/N-ethyl adjacent to an activating group) is 1. The van der Waals surface area contributed by atoms with E-state index in [1.54, 1.807) is 7.05 Å². The second kappa shape index (κ2) is 8.19. The van der Waals surface area contributed by atoms with Gasteiger partial charge < -0.3 is 10.6 Å². The molecule has 0 atom stereocenters. The number of aromatic nitrogens is 1. The third-order valence-corrected chi connectivity index (χ3v) is 4.47. The maximum absolute atomic E-state index is 13.1. The largest absolute Gasteiger partial charge is 0.325 e. The van der Waals surface area contributed by atoms with Crippen LogP contribution >= 0.6 is 11.3 Å². The molecule has 0 saturated carbocycles. The van der Waals surface area contributed by atoms with Crippen molar-refractivity contribution in [1.82, 2.24) is 9.88 Å². The molecule has 0 fully saturated rings. The quantitative estimate of drug-likeness (QED) is 0.678. The summed E-state index contributed by atoms with van der Waals surface area (Å²) in [6.45, 7) is -0.160. The fourth-order valence-corrected chi connectivity index (χ4v) is 3.34. The van der Waals surface area contributed by atoms with Crippen molar-refractivity contribution >= 4 is 44.2 Å². The molecule has 0 saturated heterocycles. The molecular weight excluding hydrogens is 374 g/mol. The first-order valence-electron chi connectivity index (χ1n) is 7.99. The minimum atomic E-state index is -0.783. The number of thiazole rings is 1. The van der Waals surface area contributed by atoms with E-state index in [2.05, 4.69) is 15.6 Å². The summed E-state index contributed by atoms with van der Waals surface area (Å²) in [6, 6.07) is 10.3. The lowest BCUT2D eigenvalue weighted by atomic mass is 10.3. The summed E-state index contributed by atoms with van der Waals surface area (Å²) in [5.41, 5.74) is 0.817. The average Bonchev–Trinajstić information content (AvgIpc) is 2.95. The number of rotatable bonds is 6. The molecule has 1 heterocycles. The summed E-state index contributed by atoms with van der Waals surface area (Å²) in [7, 11) is 1.59. The summed E-state index contributed by atoms with van der Waals surface area (Å²) < 4.78 is 27.2. The van der Waals surface area contributed by atoms with Gasteiger partial charge in [0.2, 0.25) is 11.8 Å². The number of halogens is 2. The summed E-state index contributed by atoms with van der Waals surface area (Å²) in [5.74, 6) is -2.38. The predicted molar refractivity (Wildman–Crippen MR) is 101 cm³/mol. The van der Waals surface area contributed by atoms with Crippen LogP contribution in [0.3, 0.4) is 0 Å². The number of amides is 2. The van der Waals surface area contributed by atoms with Crippen molar-refractivity contribution in [3.05, 3.63) is 54.1 Å². The zero-order valence-corrected chi connectivity index (χ0v) is 15.1. The van der Waals surface area contributed by atoms with Crippen LogP contribution in [0.4, 0.5) is 19.6 Å². The van der Waals surface area contributed by atoms with Gasteiger partial charge in [-0.05, 0) is 31.3 Å². The van der Waals surface area contributed by atoms with Gasteiger partial charge in [0.1, 0.15) is 11.6 Å². The Morgan fingerprint density at radius 2 is 1.67 bits per heavy atom. The van der Waals surface area contributed by atoms with Crippen LogP contribution in [-0.4, -0.2) is 41.8 Å². The lowest BCUT2D eigenvalue weighted by molar-refractivity contribution is -0.119. The molecule has 27 heavy (non-hydrogen) atoms. The molecular formula is C18H16F2N4O2S. The molecule has 0 bridgehead atoms. The van der Waals surface area contributed by atoms with E-state index in [4.69, 9.17) is 0 Å². The molecule has 0 aliphatic carbocycles. The number of anilines is 2. The first-order valence-corrected chi connectivity index (χ1v) is 8.80. The standard InChI is InChI=1S/C18H16F2N4O2S/c1-24(9-16(25)21-13-7-11(19)6-12(20)8-13)10-17(26)23-18-22-14-4-2-3-5-15(14)27-18/h2-8H,9-10H2,1H3,(H,21,25)(H,22,23,26). The highest BCUT2D eigenvalue weighted by molar-refractivity contribution is 7.22. The van der Waals surface area contributed by atoms with Crippen LogP contribution in [0.25, 0.3) is 10.2 Å². The first-order chi connectivity index (χ1) is 12.9. The summed E-state index contributed by atoms with van der Waals surface area (Å²) in [4.78, 5) is 29.9. The Bertz CT molecular complexity index is 939. The minimum Gasteiger partial charge on any atom is -0.325 e. The van der Waals surface area contributed by atoms with Gasteiger partial charge in [0.25, 0.3) is 0 Å². The number of benzene rings is 2. The monoisotopic (exact) mass is 390 g/mol. The minimum absolute atomic E-state index is 0.0184. The van der Waals surface area contributed by atoms with E-state index >= 15 is 0 Å². The van der Waals surface area contributed by atoms with Gasteiger partial charge in [0, 0.05) is 11.8 Å². The van der Waals surface area contributed by atoms with Crippen LogP contribution in [0.5, 0.6) is 0 Å². The Balaban J connectivity index is 1.51. The Labute approximate surface area is 157 Å². The predicted octanol–water partition coefficient (Wildman–Crippen LogP) is 3.08. The van der Waals surface area contributed by atoms with Crippen molar-refractivity contribution in [3.63, 3.8) is 0 Å². The summed E-state index contributed by atoms with van der Waals surface area (Å²) >= 11 is 1.36. The second-order valence-corrected chi connectivity index (χ2v) is 6.94. The van der Waals surface area contributed by atoms with Crippen LogP contribution in [0.1, 0.15) is 0 Å². The molecule has 2 aromatic carbocycles. The molecule has 6 nitrogen and oxygen atoms in total. The van der Waals surface area contributed by atoms with Gasteiger partial charge in [-0.15, -0.1) is 0 Å². The third kappa shape index (κ3) is 5.28. The topological polar surface area (TPSA) is 74.3 Å². The zero-order valence-electron chi connectivity index (χ0n) is 14.3. The molecule has 140 valence electrons. The van der Waals surface area contributed by atoms with Crippen molar-refractivity contribution in [2.75, 3.05) is 30.8 Å². The van der Waals surface area contributed by atoms with E-state index in [1.807, 2.05) is 24.3 Å². The molecule has 2 amide bonds. The smallest absolute Gasteiger partial charge is 0.240 e. The highest BCUT2D eigenvalue weighted by atomic mass is 32.1. The van der Waals surface area contributed by atoms with Gasteiger partial charge >= 0.3 is 0 Å². The first kappa shape index (κ1) is 18.9. The molecule has 2 N–H and O–H groups in total. The molecule has 3 aromatic rings. The van der Waals surface area contributed by atoms with Gasteiger partial charge in [-0.2, -0.15) is 0 Å². The number of nitrogens with zero attached hydrogens (tertiary/aromatic N) is 2. The van der Waals surface area contributed by atoms with Crippen molar-refractivity contribution in [2.45, 2.75) is 0 Å². The van der Waals surface area contributed by atoms with Gasteiger partial charge in [0.05, 0.1) is 23.3 Å². The Morgan fingerprint density at radius 3 is 2.33 bits per heavy atom. The van der Waals surface area contributed by atoms with E-state index in [0.717, 1.165) is 22.3 Å². The van der Waals surface area contributed by atoms with Crippen molar-refractivity contribution < 1.29 is 18.4 Å². The fraction of sp³-hybridized carbons (Fsp3) is 0.167. The number of hydrogen-bond acceptors (Lipinski definition) is 5. The fourth-order valence-electron chi connectivity index (χ4n) is 2.46.